The number of nitrogens with one attached hydrogen (secondary N) is 2. The number of amides is 1. The SMILES string of the molecule is CCC(Sc1n[nH]c(C(C)C)n1)C(=O)Nc1ccc(F)cc1. The Morgan fingerprint density at radius 3 is 2.59 bits per heavy atom. The normalized spacial score (nSPS) is 12.4. The van der Waals surface area contributed by atoms with Crippen LogP contribution in [0.1, 0.15) is 38.9 Å². The van der Waals surface area contributed by atoms with Gasteiger partial charge in [-0.3, -0.25) is 9.89 Å². The minimum atomic E-state index is -0.332. The second kappa shape index (κ2) is 7.40. The van der Waals surface area contributed by atoms with Gasteiger partial charge in [-0.15, -0.1) is 5.10 Å². The fraction of sp³-hybridized carbons (Fsp3) is 0.400. The fourth-order valence-corrected chi connectivity index (χ4v) is 2.61. The highest BCUT2D eigenvalue weighted by Gasteiger charge is 2.20. The maximum atomic E-state index is 12.9. The number of thioether (sulfide) groups is 1. The number of benzene rings is 1. The average Bonchev–Trinajstić information content (AvgIpc) is 2.96. The molecular formula is C15H19FN4OS. The standard InChI is InChI=1S/C15H19FN4OS/c1-4-12(22-15-18-13(9(2)3)19-20-15)14(21)17-11-7-5-10(16)6-8-11/h5-9,12H,4H2,1-3H3,(H,17,21)(H,18,19,20). The minimum absolute atomic E-state index is 0.144. The van der Waals surface area contributed by atoms with Crippen molar-refractivity contribution in [3.8, 4) is 0 Å². The third-order valence-corrected chi connectivity index (χ3v) is 4.28. The van der Waals surface area contributed by atoms with Crippen molar-refractivity contribution in [3.63, 3.8) is 0 Å². The number of aromatic nitrogens is 3. The highest BCUT2D eigenvalue weighted by atomic mass is 32.2. The monoisotopic (exact) mass is 322 g/mol. The first kappa shape index (κ1) is 16.5. The van der Waals surface area contributed by atoms with Gasteiger partial charge in [-0.1, -0.05) is 32.5 Å². The number of hydrogen-bond donors (Lipinski definition) is 2. The van der Waals surface area contributed by atoms with Gasteiger partial charge in [-0.05, 0) is 30.7 Å². The highest BCUT2D eigenvalue weighted by molar-refractivity contribution is 8.00. The molecule has 0 aliphatic rings. The zero-order valence-electron chi connectivity index (χ0n) is 12.8. The first-order chi connectivity index (χ1) is 10.5. The second-order valence-corrected chi connectivity index (χ2v) is 6.34. The molecule has 0 saturated heterocycles. The van der Waals surface area contributed by atoms with E-state index in [1.807, 2.05) is 20.8 Å². The quantitative estimate of drug-likeness (QED) is 0.798. The van der Waals surface area contributed by atoms with E-state index < -0.39 is 0 Å². The number of anilines is 1. The second-order valence-electron chi connectivity index (χ2n) is 5.17. The van der Waals surface area contributed by atoms with E-state index in [9.17, 15) is 9.18 Å². The van der Waals surface area contributed by atoms with Gasteiger partial charge in [0.25, 0.3) is 0 Å². The largest absolute Gasteiger partial charge is 0.325 e. The van der Waals surface area contributed by atoms with Crippen LogP contribution in [-0.2, 0) is 4.79 Å². The van der Waals surface area contributed by atoms with Crippen molar-refractivity contribution in [2.75, 3.05) is 5.32 Å². The van der Waals surface area contributed by atoms with Gasteiger partial charge in [-0.2, -0.15) is 0 Å². The molecule has 5 nitrogen and oxygen atoms in total. The molecule has 0 fully saturated rings. The Hall–Kier alpha value is -1.89. The number of hydrogen-bond acceptors (Lipinski definition) is 4. The lowest BCUT2D eigenvalue weighted by atomic mass is 10.2. The summed E-state index contributed by atoms with van der Waals surface area (Å²) < 4.78 is 12.9. The van der Waals surface area contributed by atoms with E-state index in [-0.39, 0.29) is 22.9 Å². The van der Waals surface area contributed by atoms with Gasteiger partial charge in [0.1, 0.15) is 11.6 Å². The predicted octanol–water partition coefficient (Wildman–Crippen LogP) is 3.58. The Kier molecular flexibility index (Phi) is 5.54. The molecule has 0 radical (unpaired) electrons. The van der Waals surface area contributed by atoms with E-state index in [1.54, 1.807) is 0 Å². The van der Waals surface area contributed by atoms with Gasteiger partial charge < -0.3 is 5.32 Å². The zero-order chi connectivity index (χ0) is 16.1. The van der Waals surface area contributed by atoms with Gasteiger partial charge >= 0.3 is 0 Å². The number of aromatic amines is 1. The van der Waals surface area contributed by atoms with Crippen molar-refractivity contribution in [2.45, 2.75) is 43.5 Å². The maximum absolute atomic E-state index is 12.9. The lowest BCUT2D eigenvalue weighted by Crippen LogP contribution is -2.24. The zero-order valence-corrected chi connectivity index (χ0v) is 13.6. The molecule has 0 spiro atoms. The molecule has 1 amide bonds. The molecular weight excluding hydrogens is 303 g/mol. The van der Waals surface area contributed by atoms with E-state index in [0.717, 1.165) is 5.82 Å². The summed E-state index contributed by atoms with van der Waals surface area (Å²) in [7, 11) is 0. The Bertz CT molecular complexity index is 627. The molecule has 0 aliphatic carbocycles. The number of H-pyrrole nitrogens is 1. The van der Waals surface area contributed by atoms with Crippen molar-refractivity contribution in [2.24, 2.45) is 0 Å². The van der Waals surface area contributed by atoms with Gasteiger partial charge in [0.15, 0.2) is 0 Å². The molecule has 1 heterocycles. The van der Waals surface area contributed by atoms with Crippen LogP contribution >= 0.6 is 11.8 Å². The molecule has 1 aromatic carbocycles. The third kappa shape index (κ3) is 4.30. The molecule has 2 rings (SSSR count). The molecule has 118 valence electrons. The van der Waals surface area contributed by atoms with Crippen LogP contribution in [0.4, 0.5) is 10.1 Å². The molecule has 1 atom stereocenters. The lowest BCUT2D eigenvalue weighted by molar-refractivity contribution is -0.115. The van der Waals surface area contributed by atoms with E-state index in [1.165, 1.54) is 36.0 Å². The molecule has 0 saturated carbocycles. The van der Waals surface area contributed by atoms with Crippen LogP contribution < -0.4 is 5.32 Å². The van der Waals surface area contributed by atoms with Crippen LogP contribution in [-0.4, -0.2) is 26.3 Å². The molecule has 1 aromatic heterocycles. The summed E-state index contributed by atoms with van der Waals surface area (Å²) in [5.41, 5.74) is 0.573. The van der Waals surface area contributed by atoms with Crippen molar-refractivity contribution in [1.82, 2.24) is 15.2 Å². The van der Waals surface area contributed by atoms with Gasteiger partial charge in [0, 0.05) is 11.6 Å². The van der Waals surface area contributed by atoms with Crippen molar-refractivity contribution in [3.05, 3.63) is 35.9 Å². The first-order valence-corrected chi connectivity index (χ1v) is 8.03. The fourth-order valence-electron chi connectivity index (χ4n) is 1.77. The number of halogens is 1. The highest BCUT2D eigenvalue weighted by Crippen LogP contribution is 2.24. The number of carbonyl (C=O) groups excluding carboxylic acids is 1. The topological polar surface area (TPSA) is 70.7 Å². The molecule has 0 bridgehead atoms. The van der Waals surface area contributed by atoms with Crippen molar-refractivity contribution < 1.29 is 9.18 Å². The predicted molar refractivity (Wildman–Crippen MR) is 85.4 cm³/mol. The van der Waals surface area contributed by atoms with Crippen molar-refractivity contribution >= 4 is 23.4 Å². The molecule has 22 heavy (non-hydrogen) atoms. The van der Waals surface area contributed by atoms with Crippen LogP contribution in [0, 0.1) is 5.82 Å². The van der Waals surface area contributed by atoms with Gasteiger partial charge in [0.05, 0.1) is 5.25 Å². The summed E-state index contributed by atoms with van der Waals surface area (Å²) in [5, 5.41) is 10.0. The number of rotatable bonds is 6. The Balaban J connectivity index is 2.00. The van der Waals surface area contributed by atoms with E-state index in [4.69, 9.17) is 0 Å². The third-order valence-electron chi connectivity index (χ3n) is 3.05. The van der Waals surface area contributed by atoms with Crippen LogP contribution in [0.5, 0.6) is 0 Å². The Morgan fingerprint density at radius 1 is 1.36 bits per heavy atom. The van der Waals surface area contributed by atoms with Crippen LogP contribution in [0.25, 0.3) is 0 Å². The minimum Gasteiger partial charge on any atom is -0.325 e. The van der Waals surface area contributed by atoms with Crippen molar-refractivity contribution in [1.29, 1.82) is 0 Å². The summed E-state index contributed by atoms with van der Waals surface area (Å²) in [4.78, 5) is 16.6. The van der Waals surface area contributed by atoms with E-state index in [0.29, 0.717) is 17.3 Å². The summed E-state index contributed by atoms with van der Waals surface area (Å²) in [5.74, 6) is 0.586. The number of nitrogens with zero attached hydrogens (tertiary/aromatic N) is 2. The van der Waals surface area contributed by atoms with Crippen LogP contribution in [0.3, 0.4) is 0 Å². The lowest BCUT2D eigenvalue weighted by Gasteiger charge is -2.12. The van der Waals surface area contributed by atoms with E-state index >= 15 is 0 Å². The van der Waals surface area contributed by atoms with E-state index in [2.05, 4.69) is 20.5 Å². The van der Waals surface area contributed by atoms with Crippen LogP contribution in [0.15, 0.2) is 29.4 Å². The summed E-state index contributed by atoms with van der Waals surface area (Å²) in [6.07, 6.45) is 0.642. The summed E-state index contributed by atoms with van der Waals surface area (Å²) in [6, 6.07) is 5.70. The molecule has 2 N–H and O–H groups in total. The smallest absolute Gasteiger partial charge is 0.237 e. The van der Waals surface area contributed by atoms with Gasteiger partial charge in [-0.25, -0.2) is 9.37 Å². The average molecular weight is 322 g/mol. The molecule has 7 heteroatoms. The molecule has 2 aromatic rings. The number of carbonyl (C=O) groups is 1. The maximum Gasteiger partial charge on any atom is 0.237 e. The Morgan fingerprint density at radius 2 is 2.05 bits per heavy atom. The summed E-state index contributed by atoms with van der Waals surface area (Å²) in [6.45, 7) is 5.97. The van der Waals surface area contributed by atoms with Crippen LogP contribution in [0.2, 0.25) is 0 Å². The molecule has 1 unspecified atom stereocenters. The first-order valence-electron chi connectivity index (χ1n) is 7.15. The van der Waals surface area contributed by atoms with Gasteiger partial charge in [0.2, 0.25) is 11.1 Å². The Labute approximate surface area is 133 Å². The molecule has 0 aliphatic heterocycles. The summed E-state index contributed by atoms with van der Waals surface area (Å²) >= 11 is 1.32.